The number of alkyl halides is 3. The molecule has 1 aliphatic heterocycles. The van der Waals surface area contributed by atoms with Gasteiger partial charge >= 0.3 is 6.18 Å². The van der Waals surface area contributed by atoms with Crippen LogP contribution in [0.25, 0.3) is 0 Å². The molecule has 2 aliphatic rings. The van der Waals surface area contributed by atoms with Crippen LogP contribution in [0.3, 0.4) is 0 Å². The van der Waals surface area contributed by atoms with Gasteiger partial charge < -0.3 is 0 Å². The average Bonchev–Trinajstić information content (AvgIpc) is 2.65. The fourth-order valence-electron chi connectivity index (χ4n) is 1.18. The Labute approximate surface area is 67.1 Å². The summed E-state index contributed by atoms with van der Waals surface area (Å²) in [6.45, 7) is 0. The minimum atomic E-state index is -4.34. The van der Waals surface area contributed by atoms with Gasteiger partial charge in [0.05, 0.1) is 6.20 Å². The summed E-state index contributed by atoms with van der Waals surface area (Å²) in [7, 11) is 0. The molecular formula is C7H6F3N2. The highest BCUT2D eigenvalue weighted by Gasteiger charge is 2.45. The third-order valence-corrected chi connectivity index (χ3v) is 1.91. The summed E-state index contributed by atoms with van der Waals surface area (Å²) in [4.78, 5) is 0. The number of halogens is 3. The molecule has 0 amide bonds. The summed E-state index contributed by atoms with van der Waals surface area (Å²) in [5, 5.41) is 3.07. The van der Waals surface area contributed by atoms with Crippen LogP contribution in [-0.2, 0) is 0 Å². The Morgan fingerprint density at radius 1 is 1.33 bits per heavy atom. The highest BCUT2D eigenvalue weighted by molar-refractivity contribution is 6.05. The van der Waals surface area contributed by atoms with E-state index in [0.717, 1.165) is 12.8 Å². The van der Waals surface area contributed by atoms with Crippen molar-refractivity contribution in [1.82, 2.24) is 5.43 Å². The highest BCUT2D eigenvalue weighted by atomic mass is 19.4. The Balaban J connectivity index is 2.21. The molecular weight excluding hydrogens is 169 g/mol. The largest absolute Gasteiger partial charge is 0.435 e. The lowest BCUT2D eigenvalue weighted by atomic mass is 10.1. The van der Waals surface area contributed by atoms with Crippen molar-refractivity contribution in [2.24, 2.45) is 11.0 Å². The molecule has 5 heteroatoms. The summed E-state index contributed by atoms with van der Waals surface area (Å²) < 4.78 is 36.5. The van der Waals surface area contributed by atoms with Crippen LogP contribution >= 0.6 is 0 Å². The van der Waals surface area contributed by atoms with Crippen LogP contribution in [0.4, 0.5) is 13.2 Å². The van der Waals surface area contributed by atoms with Gasteiger partial charge in [-0.3, -0.25) is 0 Å². The van der Waals surface area contributed by atoms with Gasteiger partial charge in [-0.1, -0.05) is 0 Å². The van der Waals surface area contributed by atoms with Crippen molar-refractivity contribution >= 4 is 5.71 Å². The predicted molar refractivity (Wildman–Crippen MR) is 36.4 cm³/mol. The summed E-state index contributed by atoms with van der Waals surface area (Å²) >= 11 is 0. The molecule has 0 bridgehead atoms. The van der Waals surface area contributed by atoms with Gasteiger partial charge in [0.1, 0.15) is 0 Å². The van der Waals surface area contributed by atoms with E-state index in [1.165, 1.54) is 6.20 Å². The normalized spacial score (nSPS) is 23.2. The second kappa shape index (κ2) is 2.24. The van der Waals surface area contributed by atoms with Gasteiger partial charge in [-0.05, 0) is 18.8 Å². The monoisotopic (exact) mass is 175 g/mol. The third kappa shape index (κ3) is 1.19. The zero-order chi connectivity index (χ0) is 8.77. The summed E-state index contributed by atoms with van der Waals surface area (Å²) in [5.41, 5.74) is 2.75. The lowest BCUT2D eigenvalue weighted by molar-refractivity contribution is -0.0584. The van der Waals surface area contributed by atoms with Crippen LogP contribution < -0.4 is 5.43 Å². The Kier molecular flexibility index (Phi) is 1.43. The molecule has 2 rings (SSSR count). The molecule has 0 saturated heterocycles. The van der Waals surface area contributed by atoms with Crippen LogP contribution in [0, 0.1) is 5.92 Å². The molecule has 0 unspecified atom stereocenters. The molecule has 65 valence electrons. The van der Waals surface area contributed by atoms with E-state index in [4.69, 9.17) is 0 Å². The van der Waals surface area contributed by atoms with E-state index in [0.29, 0.717) is 0 Å². The Morgan fingerprint density at radius 2 is 2.00 bits per heavy atom. The van der Waals surface area contributed by atoms with E-state index in [1.54, 1.807) is 0 Å². The predicted octanol–water partition coefficient (Wildman–Crippen LogP) is 1.82. The van der Waals surface area contributed by atoms with Crippen LogP contribution in [0.15, 0.2) is 16.9 Å². The van der Waals surface area contributed by atoms with Crippen molar-refractivity contribution in [3.63, 3.8) is 0 Å². The molecule has 1 saturated carbocycles. The molecule has 1 aliphatic carbocycles. The van der Waals surface area contributed by atoms with E-state index >= 15 is 0 Å². The second-order valence-corrected chi connectivity index (χ2v) is 2.92. The summed E-state index contributed by atoms with van der Waals surface area (Å²) in [6, 6.07) is 0. The van der Waals surface area contributed by atoms with Crippen LogP contribution in [0.5, 0.6) is 0 Å². The van der Waals surface area contributed by atoms with Gasteiger partial charge in [-0.25, -0.2) is 0 Å². The quantitative estimate of drug-likeness (QED) is 0.581. The van der Waals surface area contributed by atoms with Gasteiger partial charge in [0.15, 0.2) is 5.71 Å². The molecule has 12 heavy (non-hydrogen) atoms. The SMILES string of the molecule is FC(F)(F)C1=N[N]C=C1C1CC1. The van der Waals surface area contributed by atoms with Gasteiger partial charge in [0.25, 0.3) is 0 Å². The van der Waals surface area contributed by atoms with Crippen molar-refractivity contribution in [2.45, 2.75) is 19.0 Å². The maximum Gasteiger partial charge on any atom is 0.435 e. The first kappa shape index (κ1) is 7.64. The number of allylic oxidation sites excluding steroid dienone is 1. The molecule has 0 aromatic heterocycles. The topological polar surface area (TPSA) is 26.5 Å². The van der Waals surface area contributed by atoms with Crippen molar-refractivity contribution < 1.29 is 13.2 Å². The van der Waals surface area contributed by atoms with Gasteiger partial charge in [-0.15, -0.1) is 5.10 Å². The van der Waals surface area contributed by atoms with Crippen molar-refractivity contribution in [3.8, 4) is 0 Å². The van der Waals surface area contributed by atoms with Crippen LogP contribution in [-0.4, -0.2) is 11.9 Å². The second-order valence-electron chi connectivity index (χ2n) is 2.92. The number of hydrogen-bond acceptors (Lipinski definition) is 1. The van der Waals surface area contributed by atoms with E-state index in [-0.39, 0.29) is 11.5 Å². The van der Waals surface area contributed by atoms with E-state index in [9.17, 15) is 13.2 Å². The van der Waals surface area contributed by atoms with Crippen LogP contribution in [0.2, 0.25) is 0 Å². The molecule has 0 aromatic carbocycles. The lowest BCUT2D eigenvalue weighted by Gasteiger charge is -2.07. The zero-order valence-electron chi connectivity index (χ0n) is 6.10. The number of rotatable bonds is 1. The fourth-order valence-corrected chi connectivity index (χ4v) is 1.18. The van der Waals surface area contributed by atoms with Gasteiger partial charge in [0.2, 0.25) is 0 Å². The minimum absolute atomic E-state index is 0.0524. The molecule has 0 spiro atoms. The third-order valence-electron chi connectivity index (χ3n) is 1.91. The number of nitrogens with zero attached hydrogens (tertiary/aromatic N) is 2. The Bertz CT molecular complexity index is 260. The molecule has 0 aromatic rings. The summed E-state index contributed by atoms with van der Waals surface area (Å²) in [5.74, 6) is 0.0524. The first-order chi connectivity index (χ1) is 5.59. The van der Waals surface area contributed by atoms with Crippen molar-refractivity contribution in [2.75, 3.05) is 0 Å². The first-order valence-corrected chi connectivity index (χ1v) is 3.64. The molecule has 0 N–H and O–H groups in total. The Hall–Kier alpha value is -1.00. The average molecular weight is 175 g/mol. The summed E-state index contributed by atoms with van der Waals surface area (Å²) in [6.07, 6.45) is -1.46. The maximum atomic E-state index is 12.2. The van der Waals surface area contributed by atoms with Crippen LogP contribution in [0.1, 0.15) is 12.8 Å². The van der Waals surface area contributed by atoms with Gasteiger partial charge in [-0.2, -0.15) is 18.6 Å². The molecule has 1 heterocycles. The molecule has 2 nitrogen and oxygen atoms in total. The highest BCUT2D eigenvalue weighted by Crippen LogP contribution is 2.41. The Morgan fingerprint density at radius 3 is 2.50 bits per heavy atom. The lowest BCUT2D eigenvalue weighted by Crippen LogP contribution is -2.24. The minimum Gasteiger partial charge on any atom is -0.164 e. The van der Waals surface area contributed by atoms with E-state index in [2.05, 4.69) is 10.5 Å². The zero-order valence-corrected chi connectivity index (χ0v) is 6.10. The molecule has 1 radical (unpaired) electrons. The maximum absolute atomic E-state index is 12.2. The van der Waals surface area contributed by atoms with Crippen molar-refractivity contribution in [1.29, 1.82) is 0 Å². The standard InChI is InChI=1S/C7H6F3N2/c8-7(9,10)6-5(3-11-12-6)4-1-2-4/h3-4H,1-2H2. The van der Waals surface area contributed by atoms with E-state index in [1.807, 2.05) is 0 Å². The molecule has 0 atom stereocenters. The number of hydrogen-bond donors (Lipinski definition) is 0. The smallest absolute Gasteiger partial charge is 0.164 e. The van der Waals surface area contributed by atoms with E-state index < -0.39 is 11.9 Å². The van der Waals surface area contributed by atoms with Gasteiger partial charge in [0, 0.05) is 5.57 Å². The fraction of sp³-hybridized carbons (Fsp3) is 0.571. The molecule has 1 fully saturated rings. The van der Waals surface area contributed by atoms with Crippen molar-refractivity contribution in [3.05, 3.63) is 11.8 Å². The first-order valence-electron chi connectivity index (χ1n) is 3.64.